The lowest BCUT2D eigenvalue weighted by Gasteiger charge is -2.36. The number of nitrogens with zero attached hydrogens (tertiary/aromatic N) is 2. The molecular weight excluding hydrogens is 782 g/mol. The molecule has 5 rings (SSSR count). The van der Waals surface area contributed by atoms with Crippen LogP contribution < -0.4 is 10.2 Å². The SMILES string of the molecule is CC/C=C/CC(C/C=C/C(C#N)=C/C=C1/N(CCC)c2ccc(Cl)cc2C1(Cc1ccccc1)Cc1ccccc1C)(CCCCCC)c1cc(CC)ccc1NCCC(=O)O. The molecule has 5 nitrogen and oxygen atoms in total. The number of hydrogen-bond acceptors (Lipinski definition) is 4. The summed E-state index contributed by atoms with van der Waals surface area (Å²) in [5, 5.41) is 24.5. The van der Waals surface area contributed by atoms with Crippen molar-refractivity contribution in [2.45, 2.75) is 129 Å². The molecule has 0 aliphatic carbocycles. The summed E-state index contributed by atoms with van der Waals surface area (Å²) >= 11 is 6.87. The lowest BCUT2D eigenvalue weighted by Crippen LogP contribution is -2.36. The number of carboxylic acids is 1. The Bertz CT molecular complexity index is 2250. The second-order valence-corrected chi connectivity index (χ2v) is 17.5. The molecule has 0 fully saturated rings. The zero-order valence-corrected chi connectivity index (χ0v) is 38.6. The summed E-state index contributed by atoms with van der Waals surface area (Å²) in [6, 6.07) is 35.0. The van der Waals surface area contributed by atoms with E-state index in [0.717, 1.165) is 87.9 Å². The second-order valence-electron chi connectivity index (χ2n) is 17.0. The first-order valence-electron chi connectivity index (χ1n) is 23.0. The van der Waals surface area contributed by atoms with E-state index in [-0.39, 0.29) is 11.8 Å². The minimum absolute atomic E-state index is 0.0470. The predicted molar refractivity (Wildman–Crippen MR) is 262 cm³/mol. The highest BCUT2D eigenvalue weighted by Crippen LogP contribution is 2.53. The van der Waals surface area contributed by atoms with E-state index in [1.807, 2.05) is 18.2 Å². The van der Waals surface area contributed by atoms with E-state index >= 15 is 0 Å². The summed E-state index contributed by atoms with van der Waals surface area (Å²) in [5.41, 5.74) is 10.7. The van der Waals surface area contributed by atoms with Crippen LogP contribution in [0.5, 0.6) is 0 Å². The number of carboxylic acid groups (broad SMARTS) is 1. The molecule has 2 atom stereocenters. The maximum atomic E-state index is 11.6. The molecule has 0 bridgehead atoms. The number of fused-ring (bicyclic) bond motifs is 1. The van der Waals surface area contributed by atoms with Gasteiger partial charge in [0.15, 0.2) is 0 Å². The van der Waals surface area contributed by atoms with Crippen LogP contribution in [-0.2, 0) is 34.9 Å². The molecule has 0 aromatic heterocycles. The number of hydrogen-bond donors (Lipinski definition) is 2. The van der Waals surface area contributed by atoms with E-state index in [9.17, 15) is 15.2 Å². The molecule has 0 amide bonds. The molecule has 1 heterocycles. The number of aryl methyl sites for hydroxylation is 2. The fourth-order valence-electron chi connectivity index (χ4n) is 9.31. The average Bonchev–Trinajstić information content (AvgIpc) is 3.50. The van der Waals surface area contributed by atoms with Crippen LogP contribution in [0.25, 0.3) is 0 Å². The number of allylic oxidation sites excluding steroid dienone is 8. The maximum Gasteiger partial charge on any atom is 0.305 e. The summed E-state index contributed by atoms with van der Waals surface area (Å²) in [5.74, 6) is -0.815. The van der Waals surface area contributed by atoms with Gasteiger partial charge >= 0.3 is 5.97 Å². The fourth-order valence-corrected chi connectivity index (χ4v) is 9.48. The van der Waals surface area contributed by atoms with Crippen molar-refractivity contribution >= 4 is 28.9 Å². The number of nitrogens with one attached hydrogen (secondary N) is 1. The molecule has 0 saturated heterocycles. The molecule has 326 valence electrons. The maximum absolute atomic E-state index is 11.6. The van der Waals surface area contributed by atoms with E-state index in [1.165, 1.54) is 51.2 Å². The number of carbonyl (C=O) groups is 1. The first-order chi connectivity index (χ1) is 30.1. The Morgan fingerprint density at radius 2 is 1.65 bits per heavy atom. The van der Waals surface area contributed by atoms with Crippen LogP contribution in [0.3, 0.4) is 0 Å². The van der Waals surface area contributed by atoms with Crippen molar-refractivity contribution in [1.82, 2.24) is 0 Å². The Kier molecular flexibility index (Phi) is 18.3. The summed E-state index contributed by atoms with van der Waals surface area (Å²) in [6.45, 7) is 12.2. The van der Waals surface area contributed by atoms with Gasteiger partial charge in [-0.25, -0.2) is 0 Å². The molecule has 2 unspecified atom stereocenters. The monoisotopic (exact) mass is 850 g/mol. The first kappa shape index (κ1) is 47.7. The zero-order chi connectivity index (χ0) is 44.4. The summed E-state index contributed by atoms with van der Waals surface area (Å²) in [6.07, 6.45) is 24.6. The lowest BCUT2D eigenvalue weighted by molar-refractivity contribution is -0.136. The van der Waals surface area contributed by atoms with Gasteiger partial charge in [0.25, 0.3) is 0 Å². The number of rotatable bonds is 24. The van der Waals surface area contributed by atoms with Crippen LogP contribution in [0.2, 0.25) is 5.02 Å². The first-order valence-corrected chi connectivity index (χ1v) is 23.4. The number of nitriles is 1. The van der Waals surface area contributed by atoms with Crippen molar-refractivity contribution in [3.05, 3.63) is 177 Å². The zero-order valence-electron chi connectivity index (χ0n) is 37.9. The Labute approximate surface area is 377 Å². The Balaban J connectivity index is 1.64. The largest absolute Gasteiger partial charge is 0.481 e. The fraction of sp³-hybridized carbons (Fsp3) is 0.393. The summed E-state index contributed by atoms with van der Waals surface area (Å²) < 4.78 is 0. The van der Waals surface area contributed by atoms with Gasteiger partial charge in [0.2, 0.25) is 0 Å². The van der Waals surface area contributed by atoms with Crippen LogP contribution in [0.15, 0.2) is 139 Å². The van der Waals surface area contributed by atoms with Gasteiger partial charge in [0, 0.05) is 46.0 Å². The van der Waals surface area contributed by atoms with Gasteiger partial charge in [-0.2, -0.15) is 5.26 Å². The Morgan fingerprint density at radius 1 is 0.871 bits per heavy atom. The van der Waals surface area contributed by atoms with Gasteiger partial charge in [-0.1, -0.05) is 150 Å². The minimum atomic E-state index is -0.815. The molecule has 62 heavy (non-hydrogen) atoms. The molecular formula is C56H68ClN3O2. The van der Waals surface area contributed by atoms with Gasteiger partial charge in [-0.05, 0) is 134 Å². The highest BCUT2D eigenvalue weighted by Gasteiger charge is 2.47. The van der Waals surface area contributed by atoms with Crippen LogP contribution in [0, 0.1) is 18.3 Å². The van der Waals surface area contributed by atoms with Crippen molar-refractivity contribution < 1.29 is 9.90 Å². The Hall–Kier alpha value is -5.31. The average molecular weight is 851 g/mol. The molecule has 0 radical (unpaired) electrons. The molecule has 0 spiro atoms. The van der Waals surface area contributed by atoms with Gasteiger partial charge in [-0.3, -0.25) is 4.79 Å². The van der Waals surface area contributed by atoms with Crippen molar-refractivity contribution in [1.29, 1.82) is 5.26 Å². The van der Waals surface area contributed by atoms with Gasteiger partial charge < -0.3 is 15.3 Å². The number of benzene rings is 4. The Morgan fingerprint density at radius 3 is 2.35 bits per heavy atom. The number of halogens is 1. The standard InChI is InChI=1S/C56H68ClN3O2/c1-6-10-12-19-34-55(33-18-11-7-2,49-38-44(9-4)26-29-51(49)59-36-32-54(61)62)35-20-24-46(42-58)27-31-53-56(40-45-22-14-13-15-23-45,41-47-25-17-16-21-43(47)5)50-39-48(57)28-30-52(50)60(53)37-8-3/h11,13-18,20-31,38-39,59H,6-10,12,19,32-37,40-41H2,1-5H3,(H,61,62)/b18-11+,24-20+,46-27-,53-31+. The van der Waals surface area contributed by atoms with E-state index in [1.54, 1.807) is 0 Å². The summed E-state index contributed by atoms with van der Waals surface area (Å²) in [7, 11) is 0. The highest BCUT2D eigenvalue weighted by atomic mass is 35.5. The van der Waals surface area contributed by atoms with Gasteiger partial charge in [-0.15, -0.1) is 0 Å². The molecule has 1 aliphatic rings. The normalized spacial score (nSPS) is 16.8. The topological polar surface area (TPSA) is 76.4 Å². The van der Waals surface area contributed by atoms with Crippen molar-refractivity contribution in [2.75, 3.05) is 23.3 Å². The third-order valence-electron chi connectivity index (χ3n) is 12.6. The number of unbranched alkanes of at least 4 members (excludes halogenated alkanes) is 3. The third kappa shape index (κ3) is 12.2. The van der Waals surface area contributed by atoms with Crippen LogP contribution in [0.1, 0.15) is 125 Å². The van der Waals surface area contributed by atoms with Crippen LogP contribution in [-0.4, -0.2) is 24.2 Å². The van der Waals surface area contributed by atoms with E-state index in [2.05, 4.69) is 160 Å². The van der Waals surface area contributed by atoms with E-state index in [4.69, 9.17) is 11.6 Å². The van der Waals surface area contributed by atoms with Crippen LogP contribution in [0.4, 0.5) is 11.4 Å². The predicted octanol–water partition coefficient (Wildman–Crippen LogP) is 14.6. The molecule has 4 aromatic carbocycles. The number of anilines is 2. The van der Waals surface area contributed by atoms with Crippen LogP contribution >= 0.6 is 11.6 Å². The smallest absolute Gasteiger partial charge is 0.305 e. The quantitative estimate of drug-likeness (QED) is 0.0318. The van der Waals surface area contributed by atoms with Gasteiger partial charge in [0.05, 0.1) is 18.1 Å². The molecule has 0 saturated carbocycles. The lowest BCUT2D eigenvalue weighted by atomic mass is 9.69. The van der Waals surface area contributed by atoms with Crippen molar-refractivity contribution in [3.8, 4) is 6.07 Å². The molecule has 4 aromatic rings. The van der Waals surface area contributed by atoms with Gasteiger partial charge in [0.1, 0.15) is 0 Å². The van der Waals surface area contributed by atoms with Crippen molar-refractivity contribution in [3.63, 3.8) is 0 Å². The van der Waals surface area contributed by atoms with E-state index in [0.29, 0.717) is 12.1 Å². The third-order valence-corrected chi connectivity index (χ3v) is 12.8. The minimum Gasteiger partial charge on any atom is -0.481 e. The molecule has 6 heteroatoms. The molecule has 2 N–H and O–H groups in total. The number of aliphatic carboxylic acids is 1. The highest BCUT2D eigenvalue weighted by molar-refractivity contribution is 6.30. The second kappa shape index (κ2) is 23.8. The van der Waals surface area contributed by atoms with Crippen molar-refractivity contribution in [2.24, 2.45) is 0 Å². The molecule has 1 aliphatic heterocycles. The van der Waals surface area contributed by atoms with E-state index < -0.39 is 11.4 Å². The summed E-state index contributed by atoms with van der Waals surface area (Å²) in [4.78, 5) is 14.0.